The third-order valence-electron chi connectivity index (χ3n) is 3.42. The predicted octanol–water partition coefficient (Wildman–Crippen LogP) is 1.87. The van der Waals surface area contributed by atoms with Crippen molar-refractivity contribution in [2.45, 2.75) is 40.0 Å². The average molecular weight is 317 g/mol. The lowest BCUT2D eigenvalue weighted by molar-refractivity contribution is 0.206. The first kappa shape index (κ1) is 16.8. The first-order valence-corrected chi connectivity index (χ1v) is 7.70. The van der Waals surface area contributed by atoms with E-state index in [0.717, 1.165) is 23.7 Å². The minimum absolute atomic E-state index is 0.124. The molecule has 0 unspecified atom stereocenters. The monoisotopic (exact) mass is 317 g/mol. The van der Waals surface area contributed by atoms with E-state index in [1.807, 2.05) is 49.6 Å². The lowest BCUT2D eigenvalue weighted by Gasteiger charge is -2.17. The Morgan fingerprint density at radius 3 is 2.87 bits per heavy atom. The van der Waals surface area contributed by atoms with Gasteiger partial charge in [0.05, 0.1) is 13.1 Å². The largest absolute Gasteiger partial charge is 0.489 e. The van der Waals surface area contributed by atoms with Gasteiger partial charge in [0.1, 0.15) is 18.2 Å². The van der Waals surface area contributed by atoms with Gasteiger partial charge in [-0.3, -0.25) is 0 Å². The van der Waals surface area contributed by atoms with Gasteiger partial charge in [0.2, 0.25) is 0 Å². The molecule has 0 aliphatic rings. The van der Waals surface area contributed by atoms with Gasteiger partial charge in [-0.25, -0.2) is 4.79 Å². The zero-order valence-electron chi connectivity index (χ0n) is 13.7. The normalized spacial score (nSPS) is 11.8. The van der Waals surface area contributed by atoms with E-state index in [0.29, 0.717) is 13.1 Å². The summed E-state index contributed by atoms with van der Waals surface area (Å²) in [5, 5.41) is 13.3. The zero-order valence-corrected chi connectivity index (χ0v) is 13.7. The second-order valence-electron chi connectivity index (χ2n) is 5.29. The molecule has 23 heavy (non-hydrogen) atoms. The molecule has 1 aromatic heterocycles. The number of carbonyl (C=O) groups is 1. The van der Waals surface area contributed by atoms with Crippen molar-refractivity contribution < 1.29 is 9.53 Å². The highest BCUT2D eigenvalue weighted by molar-refractivity contribution is 5.73. The number of ether oxygens (including phenoxy) is 1. The zero-order chi connectivity index (χ0) is 16.7. The van der Waals surface area contributed by atoms with E-state index >= 15 is 0 Å². The molecule has 1 atom stereocenters. The molecule has 0 saturated heterocycles. The van der Waals surface area contributed by atoms with E-state index in [4.69, 9.17) is 4.74 Å². The highest BCUT2D eigenvalue weighted by Gasteiger charge is 2.09. The summed E-state index contributed by atoms with van der Waals surface area (Å²) in [6.07, 6.45) is 1.52. The maximum atomic E-state index is 11.8. The first-order valence-electron chi connectivity index (χ1n) is 7.70. The molecule has 7 nitrogen and oxygen atoms in total. The fourth-order valence-electron chi connectivity index (χ4n) is 2.09. The number of urea groups is 1. The molecule has 1 aromatic carbocycles. The number of aryl methyl sites for hydroxylation is 2. The Kier molecular flexibility index (Phi) is 5.96. The van der Waals surface area contributed by atoms with Crippen LogP contribution in [0.1, 0.15) is 25.2 Å². The highest BCUT2D eigenvalue weighted by Crippen LogP contribution is 2.17. The maximum absolute atomic E-state index is 11.8. The molecule has 124 valence electrons. The van der Waals surface area contributed by atoms with Crippen LogP contribution in [0.3, 0.4) is 0 Å². The maximum Gasteiger partial charge on any atom is 0.315 e. The molecule has 2 amide bonds. The van der Waals surface area contributed by atoms with Gasteiger partial charge < -0.3 is 19.9 Å². The molecule has 0 bridgehead atoms. The van der Waals surface area contributed by atoms with Crippen molar-refractivity contribution in [3.8, 4) is 5.75 Å². The number of hydrogen-bond acceptors (Lipinski definition) is 4. The van der Waals surface area contributed by atoms with Crippen LogP contribution in [0.2, 0.25) is 0 Å². The minimum atomic E-state index is -0.254. The minimum Gasteiger partial charge on any atom is -0.489 e. The predicted molar refractivity (Wildman–Crippen MR) is 87.2 cm³/mol. The van der Waals surface area contributed by atoms with Gasteiger partial charge in [-0.15, -0.1) is 10.2 Å². The topological polar surface area (TPSA) is 81.1 Å². The van der Waals surface area contributed by atoms with Gasteiger partial charge in [0.25, 0.3) is 0 Å². The van der Waals surface area contributed by atoms with Crippen LogP contribution in [-0.4, -0.2) is 33.4 Å². The number of nitrogens with one attached hydrogen (secondary N) is 2. The standard InChI is InChI=1S/C16H23N5O2/c1-4-21-11-19-20-15(21)10-18-16(22)17-9-13(3)23-14-8-6-5-7-12(14)2/h5-8,11,13H,4,9-10H2,1-3H3,(H2,17,18,22)/t13-/m0/s1. The Morgan fingerprint density at radius 2 is 2.13 bits per heavy atom. The molecule has 0 saturated carbocycles. The third-order valence-corrected chi connectivity index (χ3v) is 3.42. The van der Waals surface area contributed by atoms with E-state index in [-0.39, 0.29) is 12.1 Å². The van der Waals surface area contributed by atoms with Gasteiger partial charge in [0, 0.05) is 6.54 Å². The molecular weight excluding hydrogens is 294 g/mol. The molecule has 0 aliphatic heterocycles. The van der Waals surface area contributed by atoms with Gasteiger partial charge in [0.15, 0.2) is 5.82 Å². The van der Waals surface area contributed by atoms with E-state index in [1.54, 1.807) is 6.33 Å². The van der Waals surface area contributed by atoms with Crippen molar-refractivity contribution in [1.29, 1.82) is 0 Å². The molecule has 2 aromatic rings. The third kappa shape index (κ3) is 4.98. The Hall–Kier alpha value is -2.57. The van der Waals surface area contributed by atoms with Crippen LogP contribution < -0.4 is 15.4 Å². The number of nitrogens with zero attached hydrogens (tertiary/aromatic N) is 3. The average Bonchev–Trinajstić information content (AvgIpc) is 3.00. The summed E-state index contributed by atoms with van der Waals surface area (Å²) in [4.78, 5) is 11.8. The van der Waals surface area contributed by atoms with Crippen molar-refractivity contribution in [2.24, 2.45) is 0 Å². The van der Waals surface area contributed by atoms with E-state index in [9.17, 15) is 4.79 Å². The van der Waals surface area contributed by atoms with Crippen molar-refractivity contribution in [1.82, 2.24) is 25.4 Å². The summed E-state index contributed by atoms with van der Waals surface area (Å²) in [5.41, 5.74) is 1.07. The number of benzene rings is 1. The van der Waals surface area contributed by atoms with Crippen LogP contribution >= 0.6 is 0 Å². The SMILES string of the molecule is CCn1cnnc1CNC(=O)NC[C@H](C)Oc1ccccc1C. The Balaban J connectivity index is 1.72. The van der Waals surface area contributed by atoms with Crippen LogP contribution in [0.5, 0.6) is 5.75 Å². The lowest BCUT2D eigenvalue weighted by atomic mass is 10.2. The number of para-hydroxylation sites is 1. The number of aromatic nitrogens is 3. The van der Waals surface area contributed by atoms with Crippen LogP contribution in [0, 0.1) is 6.92 Å². The summed E-state index contributed by atoms with van der Waals surface area (Å²) in [6.45, 7) is 7.43. The fourth-order valence-corrected chi connectivity index (χ4v) is 2.09. The second kappa shape index (κ2) is 8.17. The van der Waals surface area contributed by atoms with Crippen molar-refractivity contribution in [3.05, 3.63) is 42.0 Å². The van der Waals surface area contributed by atoms with Crippen LogP contribution in [-0.2, 0) is 13.1 Å². The molecular formula is C16H23N5O2. The number of carbonyl (C=O) groups excluding carboxylic acids is 1. The summed E-state index contributed by atoms with van der Waals surface area (Å²) in [6, 6.07) is 7.55. The molecule has 2 rings (SSSR count). The van der Waals surface area contributed by atoms with E-state index in [1.165, 1.54) is 0 Å². The van der Waals surface area contributed by atoms with E-state index < -0.39 is 0 Å². The molecule has 7 heteroatoms. The Morgan fingerprint density at radius 1 is 1.35 bits per heavy atom. The molecule has 2 N–H and O–H groups in total. The van der Waals surface area contributed by atoms with Crippen molar-refractivity contribution >= 4 is 6.03 Å². The molecule has 1 heterocycles. The van der Waals surface area contributed by atoms with Gasteiger partial charge in [-0.1, -0.05) is 18.2 Å². The summed E-state index contributed by atoms with van der Waals surface area (Å²) in [7, 11) is 0. The van der Waals surface area contributed by atoms with Crippen LogP contribution in [0.25, 0.3) is 0 Å². The molecule has 0 fully saturated rings. The van der Waals surface area contributed by atoms with Gasteiger partial charge >= 0.3 is 6.03 Å². The van der Waals surface area contributed by atoms with Crippen molar-refractivity contribution in [2.75, 3.05) is 6.54 Å². The van der Waals surface area contributed by atoms with Gasteiger partial charge in [-0.2, -0.15) is 0 Å². The van der Waals surface area contributed by atoms with Gasteiger partial charge in [-0.05, 0) is 32.4 Å². The van der Waals surface area contributed by atoms with E-state index in [2.05, 4.69) is 20.8 Å². The molecule has 0 radical (unpaired) electrons. The Bertz CT molecular complexity index is 641. The fraction of sp³-hybridized carbons (Fsp3) is 0.438. The number of hydrogen-bond donors (Lipinski definition) is 2. The lowest BCUT2D eigenvalue weighted by Crippen LogP contribution is -2.40. The quantitative estimate of drug-likeness (QED) is 0.817. The highest BCUT2D eigenvalue weighted by atomic mass is 16.5. The second-order valence-corrected chi connectivity index (χ2v) is 5.29. The summed E-state index contributed by atoms with van der Waals surface area (Å²) < 4.78 is 7.69. The Labute approximate surface area is 136 Å². The number of amides is 2. The molecule has 0 aliphatic carbocycles. The van der Waals surface area contributed by atoms with Crippen molar-refractivity contribution in [3.63, 3.8) is 0 Å². The van der Waals surface area contributed by atoms with Crippen LogP contribution in [0.4, 0.5) is 4.79 Å². The smallest absolute Gasteiger partial charge is 0.315 e. The van der Waals surface area contributed by atoms with Crippen LogP contribution in [0.15, 0.2) is 30.6 Å². The molecule has 0 spiro atoms. The number of rotatable bonds is 7. The first-order chi connectivity index (χ1) is 11.1. The summed E-state index contributed by atoms with van der Waals surface area (Å²) >= 11 is 0. The summed E-state index contributed by atoms with van der Waals surface area (Å²) in [5.74, 6) is 1.56.